The van der Waals surface area contributed by atoms with E-state index in [1.165, 1.54) is 0 Å². The molecule has 0 aromatic carbocycles. The third kappa shape index (κ3) is 7.68. The average molecular weight is 737 g/mol. The van der Waals surface area contributed by atoms with Crippen LogP contribution in [0.1, 0.15) is 0 Å². The van der Waals surface area contributed by atoms with Crippen LogP contribution in [0.3, 0.4) is 0 Å². The highest BCUT2D eigenvalue weighted by molar-refractivity contribution is 5.75. The van der Waals surface area contributed by atoms with E-state index in [1.54, 1.807) is 0 Å². The fourth-order valence-corrected chi connectivity index (χ4v) is 5.68. The Morgan fingerprint density at radius 3 is 0.960 bits per heavy atom. The molecule has 0 aromatic heterocycles. The van der Waals surface area contributed by atoms with E-state index in [1.807, 2.05) is 0 Å². The van der Waals surface area contributed by atoms with Gasteiger partial charge in [-0.1, -0.05) is 0 Å². The molecule has 0 spiro atoms. The molecular weight excluding hydrogens is 700 g/mol. The van der Waals surface area contributed by atoms with Crippen molar-refractivity contribution in [1.29, 1.82) is 0 Å². The van der Waals surface area contributed by atoms with Gasteiger partial charge in [0.1, 0.15) is 73.2 Å². The predicted molar refractivity (Wildman–Crippen MR) is 141 cm³/mol. The summed E-state index contributed by atoms with van der Waals surface area (Å²) in [5.41, 5.74) is 0. The third-order valence-corrected chi connectivity index (χ3v) is 8.32. The highest BCUT2D eigenvalue weighted by atomic mass is 16.8. The van der Waals surface area contributed by atoms with E-state index in [0.29, 0.717) is 0 Å². The molecule has 25 nitrogen and oxygen atoms in total. The minimum absolute atomic E-state index is 0.994. The summed E-state index contributed by atoms with van der Waals surface area (Å²) in [6.45, 7) is 0. The van der Waals surface area contributed by atoms with E-state index >= 15 is 0 Å². The molecule has 286 valence electrons. The van der Waals surface area contributed by atoms with Gasteiger partial charge < -0.3 is 104 Å². The molecule has 0 aliphatic carbocycles. The SMILES string of the molecule is CO[C@@H]1C(C(=O)O)O[C@@H](O[C@@H]2C(C(=O)O)O[C@@H](O[C@@H]3C(C(=O)O)O[C@@H](O[C@@H]4C(C(=O)O)O[C@@H](O)C(O)C4O)C(O)[C@H]3O)C(O)C2O)C(O)[C@@H]1O. The minimum Gasteiger partial charge on any atom is -0.479 e. The molecule has 0 amide bonds. The van der Waals surface area contributed by atoms with Gasteiger partial charge in [0.15, 0.2) is 49.6 Å². The number of aliphatic hydroxyl groups is 9. The van der Waals surface area contributed by atoms with Crippen LogP contribution in [0.15, 0.2) is 0 Å². The summed E-state index contributed by atoms with van der Waals surface area (Å²) >= 11 is 0. The molecule has 0 bridgehead atoms. The van der Waals surface area contributed by atoms with Gasteiger partial charge in [0, 0.05) is 7.11 Å². The molecule has 0 aromatic rings. The average Bonchev–Trinajstić information content (AvgIpc) is 3.05. The highest BCUT2D eigenvalue weighted by Gasteiger charge is 2.58. The van der Waals surface area contributed by atoms with Crippen LogP contribution in [0.25, 0.3) is 0 Å². The van der Waals surface area contributed by atoms with Crippen LogP contribution in [0.2, 0.25) is 0 Å². The lowest BCUT2D eigenvalue weighted by atomic mass is 9.95. The molecule has 4 rings (SSSR count). The Morgan fingerprint density at radius 2 is 0.660 bits per heavy atom. The summed E-state index contributed by atoms with van der Waals surface area (Å²) in [6.07, 6.45) is -44.4. The second-order valence-electron chi connectivity index (χ2n) is 11.5. The Hall–Kier alpha value is -2.80. The van der Waals surface area contributed by atoms with Crippen molar-refractivity contribution in [1.82, 2.24) is 0 Å². The molecule has 0 radical (unpaired) electrons. The first-order chi connectivity index (χ1) is 23.3. The van der Waals surface area contributed by atoms with Gasteiger partial charge in [-0.25, -0.2) is 19.2 Å². The summed E-state index contributed by atoms with van der Waals surface area (Å²) < 4.78 is 40.6. The normalized spacial score (nSPS) is 48.4. The largest absolute Gasteiger partial charge is 0.479 e. The molecule has 4 aliphatic heterocycles. The van der Waals surface area contributed by atoms with Gasteiger partial charge in [-0.3, -0.25) is 0 Å². The van der Waals surface area contributed by atoms with Crippen molar-refractivity contribution in [2.75, 3.05) is 7.11 Å². The maximum atomic E-state index is 12.1. The van der Waals surface area contributed by atoms with Crippen molar-refractivity contribution >= 4 is 23.9 Å². The predicted octanol–water partition coefficient (Wildman–Crippen LogP) is -8.73. The summed E-state index contributed by atoms with van der Waals surface area (Å²) in [4.78, 5) is 47.5. The Balaban J connectivity index is 1.51. The van der Waals surface area contributed by atoms with Crippen LogP contribution in [-0.2, 0) is 57.1 Å². The Labute approximate surface area is 277 Å². The maximum Gasteiger partial charge on any atom is 0.335 e. The van der Waals surface area contributed by atoms with E-state index in [9.17, 15) is 85.6 Å². The summed E-state index contributed by atoms with van der Waals surface area (Å²) in [7, 11) is 0.994. The number of hydrogen-bond acceptors (Lipinski definition) is 21. The number of aliphatic hydroxyl groups excluding tert-OH is 9. The van der Waals surface area contributed by atoms with Gasteiger partial charge in [-0.05, 0) is 0 Å². The fraction of sp³-hybridized carbons (Fsp3) is 0.840. The number of aliphatic carboxylic acids is 4. The van der Waals surface area contributed by atoms with Crippen LogP contribution in [-0.4, -0.2) is 220 Å². The van der Waals surface area contributed by atoms with Gasteiger partial charge in [-0.2, -0.15) is 0 Å². The van der Waals surface area contributed by atoms with E-state index in [2.05, 4.69) is 4.74 Å². The third-order valence-electron chi connectivity index (χ3n) is 8.32. The molecule has 10 unspecified atom stereocenters. The van der Waals surface area contributed by atoms with Gasteiger partial charge in [0.05, 0.1) is 0 Å². The molecule has 13 N–H and O–H groups in total. The van der Waals surface area contributed by atoms with E-state index in [0.717, 1.165) is 7.11 Å². The molecule has 0 saturated carbocycles. The molecule has 20 atom stereocenters. The zero-order chi connectivity index (χ0) is 37.5. The van der Waals surface area contributed by atoms with Gasteiger partial charge in [0.2, 0.25) is 0 Å². The number of carboxylic acids is 4. The lowest BCUT2D eigenvalue weighted by Crippen LogP contribution is -2.68. The number of carboxylic acid groups (broad SMARTS) is 4. The molecule has 4 saturated heterocycles. The Bertz CT molecular complexity index is 1230. The summed E-state index contributed by atoms with van der Waals surface area (Å²) in [6, 6.07) is 0. The molecule has 4 aliphatic rings. The van der Waals surface area contributed by atoms with Gasteiger partial charge >= 0.3 is 23.9 Å². The van der Waals surface area contributed by atoms with Crippen molar-refractivity contribution in [2.24, 2.45) is 0 Å². The zero-order valence-corrected chi connectivity index (χ0v) is 25.3. The number of hydrogen-bond donors (Lipinski definition) is 13. The topological polar surface area (TPSA) is 405 Å². The lowest BCUT2D eigenvalue weighted by molar-refractivity contribution is -0.378. The van der Waals surface area contributed by atoms with Crippen LogP contribution in [0.5, 0.6) is 0 Å². The lowest BCUT2D eigenvalue weighted by Gasteiger charge is -2.47. The number of rotatable bonds is 11. The number of ether oxygens (including phenoxy) is 8. The van der Waals surface area contributed by atoms with Crippen LogP contribution in [0.4, 0.5) is 0 Å². The minimum atomic E-state index is -2.42. The fourth-order valence-electron chi connectivity index (χ4n) is 5.68. The van der Waals surface area contributed by atoms with Crippen molar-refractivity contribution in [3.05, 3.63) is 0 Å². The quantitative estimate of drug-likeness (QED) is 0.0936. The van der Waals surface area contributed by atoms with E-state index in [-0.39, 0.29) is 0 Å². The molecular formula is C25H36O25. The van der Waals surface area contributed by atoms with Crippen molar-refractivity contribution < 1.29 is 123 Å². The van der Waals surface area contributed by atoms with Crippen LogP contribution >= 0.6 is 0 Å². The van der Waals surface area contributed by atoms with Gasteiger partial charge in [-0.15, -0.1) is 0 Å². The van der Waals surface area contributed by atoms with Gasteiger partial charge in [0.25, 0.3) is 0 Å². The van der Waals surface area contributed by atoms with Crippen molar-refractivity contribution in [2.45, 2.75) is 123 Å². The molecule has 4 heterocycles. The van der Waals surface area contributed by atoms with E-state index < -0.39 is 147 Å². The van der Waals surface area contributed by atoms with Crippen LogP contribution in [0, 0.1) is 0 Å². The first kappa shape index (κ1) is 40.0. The number of carbonyl (C=O) groups is 4. The monoisotopic (exact) mass is 736 g/mol. The summed E-state index contributed by atoms with van der Waals surface area (Å²) in [5.74, 6) is -7.45. The summed E-state index contributed by atoms with van der Waals surface area (Å²) in [5, 5.41) is 132. The van der Waals surface area contributed by atoms with Crippen molar-refractivity contribution in [3.63, 3.8) is 0 Å². The smallest absolute Gasteiger partial charge is 0.335 e. The Kier molecular flexibility index (Phi) is 12.7. The van der Waals surface area contributed by atoms with Crippen molar-refractivity contribution in [3.8, 4) is 0 Å². The van der Waals surface area contributed by atoms with Crippen LogP contribution < -0.4 is 0 Å². The first-order valence-corrected chi connectivity index (χ1v) is 14.5. The molecule has 50 heavy (non-hydrogen) atoms. The molecule has 25 heteroatoms. The zero-order valence-electron chi connectivity index (χ0n) is 25.3. The Morgan fingerprint density at radius 1 is 0.400 bits per heavy atom. The second kappa shape index (κ2) is 15.8. The first-order valence-electron chi connectivity index (χ1n) is 14.5. The highest BCUT2D eigenvalue weighted by Crippen LogP contribution is 2.34. The maximum absolute atomic E-state index is 12.1. The van der Waals surface area contributed by atoms with E-state index in [4.69, 9.17) is 33.2 Å². The standard InChI is InChI=1S/C25H36O25/c1-43-10-3(27)7(31)23(48-14(10)18(34)35)46-12-5(29)9(33)25(50-16(12)20(38)39)47-13-4(28)8(32)24(49-17(13)21(40)41)45-11-2(26)6(30)22(42)44-15(11)19(36)37/h2-17,22-33,42H,1H3,(H,34,35)(H,36,37)(H,38,39)(H,40,41)/t2?,3-,4+,5?,6?,7?,8?,9?,10-,11-,12-,13-,14?,15?,16?,17?,22+,23+,24+,25+/m0/s1. The molecule has 4 fully saturated rings. The second-order valence-corrected chi connectivity index (χ2v) is 11.5. The number of methoxy groups -OCH3 is 1.